The van der Waals surface area contributed by atoms with Crippen molar-refractivity contribution in [3.8, 4) is 11.3 Å². The molecular weight excluding hydrogens is 426 g/mol. The summed E-state index contributed by atoms with van der Waals surface area (Å²) in [6.45, 7) is 9.50. The molecule has 0 aliphatic heterocycles. The van der Waals surface area contributed by atoms with Crippen LogP contribution in [-0.2, 0) is 10.8 Å². The lowest BCUT2D eigenvalue weighted by Gasteiger charge is -2.41. The van der Waals surface area contributed by atoms with E-state index in [0.29, 0.717) is 0 Å². The van der Waals surface area contributed by atoms with Crippen LogP contribution in [0.25, 0.3) is 54.7 Å². The Balaban J connectivity index is 1.55. The molecule has 172 valence electrons. The van der Waals surface area contributed by atoms with Gasteiger partial charge in [0.25, 0.3) is 0 Å². The molecule has 2 heteroatoms. The molecular formula is C33H29NO. The van der Waals surface area contributed by atoms with Gasteiger partial charge < -0.3 is 4.42 Å². The standard InChI is InChI=1S/C33H29NO/c1-32(2)13-14-33(3,4)28-19-30-26(18-27(28)32)25-17-24-21(16-29(25)35-30)12-15-34-31(24)23-11-7-9-20-8-5-6-10-22(20)23/h5-12,15-19H,13-14H2,1-4H3. The average molecular weight is 456 g/mol. The minimum Gasteiger partial charge on any atom is -0.456 e. The lowest BCUT2D eigenvalue weighted by Crippen LogP contribution is -2.33. The van der Waals surface area contributed by atoms with Crippen LogP contribution in [0.15, 0.2) is 83.4 Å². The van der Waals surface area contributed by atoms with E-state index in [1.807, 2.05) is 6.20 Å². The first kappa shape index (κ1) is 20.7. The number of benzene rings is 4. The number of hydrogen-bond acceptors (Lipinski definition) is 2. The molecule has 0 bridgehead atoms. The zero-order valence-corrected chi connectivity index (χ0v) is 20.8. The topological polar surface area (TPSA) is 26.0 Å². The summed E-state index contributed by atoms with van der Waals surface area (Å²) in [4.78, 5) is 4.88. The van der Waals surface area contributed by atoms with Gasteiger partial charge in [-0.05, 0) is 81.3 Å². The van der Waals surface area contributed by atoms with Crippen molar-refractivity contribution in [3.63, 3.8) is 0 Å². The quantitative estimate of drug-likeness (QED) is 0.247. The number of nitrogens with zero attached hydrogens (tertiary/aromatic N) is 1. The van der Waals surface area contributed by atoms with Crippen LogP contribution in [0.4, 0.5) is 0 Å². The predicted molar refractivity (Wildman–Crippen MR) is 147 cm³/mol. The lowest BCUT2D eigenvalue weighted by molar-refractivity contribution is 0.332. The van der Waals surface area contributed by atoms with E-state index in [0.717, 1.165) is 27.6 Å². The van der Waals surface area contributed by atoms with Gasteiger partial charge in [-0.1, -0.05) is 70.2 Å². The fourth-order valence-electron chi connectivity index (χ4n) is 6.15. The molecule has 0 saturated carbocycles. The highest BCUT2D eigenvalue weighted by Gasteiger charge is 2.37. The van der Waals surface area contributed by atoms with Crippen LogP contribution in [0, 0.1) is 0 Å². The fraction of sp³-hybridized carbons (Fsp3) is 0.242. The van der Waals surface area contributed by atoms with Crippen LogP contribution in [0.2, 0.25) is 0 Å². The maximum absolute atomic E-state index is 6.48. The van der Waals surface area contributed by atoms with Gasteiger partial charge in [0, 0.05) is 27.9 Å². The third kappa shape index (κ3) is 2.99. The fourth-order valence-corrected chi connectivity index (χ4v) is 6.15. The smallest absolute Gasteiger partial charge is 0.136 e. The van der Waals surface area contributed by atoms with E-state index in [4.69, 9.17) is 9.40 Å². The molecule has 0 unspecified atom stereocenters. The zero-order valence-electron chi connectivity index (χ0n) is 20.8. The van der Waals surface area contributed by atoms with Crippen molar-refractivity contribution in [3.05, 3.63) is 90.1 Å². The van der Waals surface area contributed by atoms with Crippen LogP contribution in [-0.4, -0.2) is 4.98 Å². The van der Waals surface area contributed by atoms with Crippen molar-refractivity contribution in [2.45, 2.75) is 51.4 Å². The van der Waals surface area contributed by atoms with Crippen LogP contribution < -0.4 is 0 Å². The van der Waals surface area contributed by atoms with Gasteiger partial charge in [-0.3, -0.25) is 4.98 Å². The third-order valence-corrected chi connectivity index (χ3v) is 8.37. The third-order valence-electron chi connectivity index (χ3n) is 8.37. The van der Waals surface area contributed by atoms with E-state index >= 15 is 0 Å². The van der Waals surface area contributed by atoms with Crippen molar-refractivity contribution in [1.82, 2.24) is 4.98 Å². The first-order chi connectivity index (χ1) is 16.8. The maximum atomic E-state index is 6.48. The van der Waals surface area contributed by atoms with E-state index < -0.39 is 0 Å². The van der Waals surface area contributed by atoms with E-state index in [1.165, 1.54) is 51.1 Å². The Morgan fingerprint density at radius 3 is 2.14 bits per heavy atom. The summed E-state index contributed by atoms with van der Waals surface area (Å²) in [5.41, 5.74) is 7.34. The number of fused-ring (bicyclic) bond motifs is 6. The van der Waals surface area contributed by atoms with Crippen LogP contribution in [0.5, 0.6) is 0 Å². The molecule has 4 aromatic carbocycles. The summed E-state index contributed by atoms with van der Waals surface area (Å²) in [6.07, 6.45) is 4.31. The zero-order chi connectivity index (χ0) is 23.9. The van der Waals surface area contributed by atoms with Gasteiger partial charge in [0.1, 0.15) is 11.2 Å². The Hall–Kier alpha value is -3.65. The molecule has 2 nitrogen and oxygen atoms in total. The molecule has 2 aromatic heterocycles. The highest BCUT2D eigenvalue weighted by Crippen LogP contribution is 2.48. The predicted octanol–water partition coefficient (Wildman–Crippen LogP) is 9.30. The molecule has 35 heavy (non-hydrogen) atoms. The van der Waals surface area contributed by atoms with E-state index in [1.54, 1.807) is 0 Å². The Kier molecular flexibility index (Phi) is 4.11. The SMILES string of the molecule is CC1(C)CCC(C)(C)c2cc3c(cc21)oc1cc2ccnc(-c4cccc5ccccc45)c2cc13. The molecule has 0 radical (unpaired) electrons. The minimum absolute atomic E-state index is 0.161. The molecule has 0 fully saturated rings. The Bertz CT molecular complexity index is 1800. The van der Waals surface area contributed by atoms with Crippen LogP contribution in [0.1, 0.15) is 51.7 Å². The van der Waals surface area contributed by atoms with E-state index in [9.17, 15) is 0 Å². The Morgan fingerprint density at radius 1 is 0.629 bits per heavy atom. The van der Waals surface area contributed by atoms with Crippen molar-refractivity contribution in [2.75, 3.05) is 0 Å². The molecule has 0 amide bonds. The van der Waals surface area contributed by atoms with Crippen LogP contribution in [0.3, 0.4) is 0 Å². The molecule has 7 rings (SSSR count). The van der Waals surface area contributed by atoms with E-state index in [-0.39, 0.29) is 10.8 Å². The molecule has 0 atom stereocenters. The minimum atomic E-state index is 0.161. The van der Waals surface area contributed by atoms with Crippen LogP contribution >= 0.6 is 0 Å². The first-order valence-corrected chi connectivity index (χ1v) is 12.6. The molecule has 0 spiro atoms. The second-order valence-electron chi connectivity index (χ2n) is 11.5. The number of hydrogen-bond donors (Lipinski definition) is 0. The summed E-state index contributed by atoms with van der Waals surface area (Å²) in [5, 5.41) is 7.15. The summed E-state index contributed by atoms with van der Waals surface area (Å²) in [6, 6.07) is 26.3. The molecule has 6 aromatic rings. The second kappa shape index (κ2) is 6.95. The van der Waals surface area contributed by atoms with Gasteiger partial charge in [-0.2, -0.15) is 0 Å². The van der Waals surface area contributed by atoms with Gasteiger partial charge in [-0.15, -0.1) is 0 Å². The van der Waals surface area contributed by atoms with Crippen molar-refractivity contribution in [2.24, 2.45) is 0 Å². The Morgan fingerprint density at radius 2 is 1.31 bits per heavy atom. The van der Waals surface area contributed by atoms with Gasteiger partial charge in [0.05, 0.1) is 5.69 Å². The summed E-state index contributed by atoms with van der Waals surface area (Å²) < 4.78 is 6.48. The van der Waals surface area contributed by atoms with Gasteiger partial charge in [-0.25, -0.2) is 0 Å². The molecule has 0 N–H and O–H groups in total. The van der Waals surface area contributed by atoms with Gasteiger partial charge in [0.2, 0.25) is 0 Å². The first-order valence-electron chi connectivity index (χ1n) is 12.6. The normalized spacial score (nSPS) is 16.8. The number of rotatable bonds is 1. The number of pyridine rings is 1. The molecule has 1 aliphatic rings. The highest BCUT2D eigenvalue weighted by molar-refractivity contribution is 6.13. The maximum Gasteiger partial charge on any atom is 0.136 e. The van der Waals surface area contributed by atoms with Gasteiger partial charge >= 0.3 is 0 Å². The number of aromatic nitrogens is 1. The average Bonchev–Trinajstić information content (AvgIpc) is 3.21. The van der Waals surface area contributed by atoms with Crippen molar-refractivity contribution >= 4 is 43.5 Å². The molecule has 2 heterocycles. The summed E-state index contributed by atoms with van der Waals surface area (Å²) in [5.74, 6) is 0. The lowest BCUT2D eigenvalue weighted by atomic mass is 9.63. The monoisotopic (exact) mass is 455 g/mol. The van der Waals surface area contributed by atoms with Crippen molar-refractivity contribution in [1.29, 1.82) is 0 Å². The van der Waals surface area contributed by atoms with Gasteiger partial charge in [0.15, 0.2) is 0 Å². The van der Waals surface area contributed by atoms with E-state index in [2.05, 4.69) is 100 Å². The largest absolute Gasteiger partial charge is 0.456 e. The van der Waals surface area contributed by atoms with Crippen molar-refractivity contribution < 1.29 is 4.42 Å². The number of furan rings is 1. The second-order valence-corrected chi connectivity index (χ2v) is 11.5. The highest BCUT2D eigenvalue weighted by atomic mass is 16.3. The summed E-state index contributed by atoms with van der Waals surface area (Å²) >= 11 is 0. The molecule has 0 saturated heterocycles. The Labute approximate surface area is 205 Å². The molecule has 1 aliphatic carbocycles. The summed E-state index contributed by atoms with van der Waals surface area (Å²) in [7, 11) is 0.